The molecule has 0 aliphatic heterocycles. The van der Waals surface area contributed by atoms with Crippen molar-refractivity contribution >= 4 is 11.6 Å². The van der Waals surface area contributed by atoms with Crippen LogP contribution in [0.1, 0.15) is 17.0 Å². The van der Waals surface area contributed by atoms with Gasteiger partial charge in [0.2, 0.25) is 0 Å². The smallest absolute Gasteiger partial charge is 0.130 e. The maximum Gasteiger partial charge on any atom is 0.130 e. The van der Waals surface area contributed by atoms with Gasteiger partial charge in [0.25, 0.3) is 0 Å². The molecule has 2 aromatic rings. The lowest BCUT2D eigenvalue weighted by atomic mass is 10.2. The third-order valence-electron chi connectivity index (χ3n) is 2.88. The number of rotatable bonds is 4. The molecule has 0 aliphatic carbocycles. The number of aryl methyl sites for hydroxylation is 2. The topological polar surface area (TPSA) is 29.9 Å². The second-order valence-electron chi connectivity index (χ2n) is 4.31. The number of hydrogen-bond acceptors (Lipinski definition) is 2. The molecule has 0 aliphatic rings. The summed E-state index contributed by atoms with van der Waals surface area (Å²) in [6.45, 7) is 2.59. The Hall–Kier alpha value is -1.46. The van der Waals surface area contributed by atoms with Gasteiger partial charge in [-0.2, -0.15) is 5.10 Å². The SMILES string of the molecule is Cc1nn(C)c(CNCc2ccc(F)cc2F)c1Cl. The van der Waals surface area contributed by atoms with Crippen LogP contribution in [0.5, 0.6) is 0 Å². The van der Waals surface area contributed by atoms with Crippen LogP contribution in [0, 0.1) is 18.6 Å². The van der Waals surface area contributed by atoms with Crippen LogP contribution in [0.4, 0.5) is 8.78 Å². The number of halogens is 3. The monoisotopic (exact) mass is 285 g/mol. The fraction of sp³-hybridized carbons (Fsp3) is 0.308. The average Bonchev–Trinajstić information content (AvgIpc) is 2.58. The lowest BCUT2D eigenvalue weighted by Crippen LogP contribution is -2.16. The van der Waals surface area contributed by atoms with Gasteiger partial charge in [-0.3, -0.25) is 4.68 Å². The minimum absolute atomic E-state index is 0.298. The van der Waals surface area contributed by atoms with Gasteiger partial charge in [0.1, 0.15) is 11.6 Å². The Balaban J connectivity index is 2.00. The highest BCUT2D eigenvalue weighted by atomic mass is 35.5. The standard InChI is InChI=1S/C13H14ClF2N3/c1-8-13(14)12(19(2)18-8)7-17-6-9-3-4-10(15)5-11(9)16/h3-5,17H,6-7H2,1-2H3. The lowest BCUT2D eigenvalue weighted by molar-refractivity contribution is 0.555. The molecule has 0 saturated carbocycles. The van der Waals surface area contributed by atoms with E-state index in [-0.39, 0.29) is 0 Å². The summed E-state index contributed by atoms with van der Waals surface area (Å²) in [4.78, 5) is 0. The van der Waals surface area contributed by atoms with Crippen molar-refractivity contribution in [2.75, 3.05) is 0 Å². The van der Waals surface area contributed by atoms with Crippen molar-refractivity contribution in [3.8, 4) is 0 Å². The highest BCUT2D eigenvalue weighted by Gasteiger charge is 2.10. The molecule has 19 heavy (non-hydrogen) atoms. The number of nitrogens with one attached hydrogen (secondary N) is 1. The summed E-state index contributed by atoms with van der Waals surface area (Å²) in [6.07, 6.45) is 0. The number of aromatic nitrogens is 2. The highest BCUT2D eigenvalue weighted by molar-refractivity contribution is 6.31. The molecule has 1 aromatic heterocycles. The Morgan fingerprint density at radius 2 is 2.05 bits per heavy atom. The molecule has 2 rings (SSSR count). The van der Waals surface area contributed by atoms with Gasteiger partial charge >= 0.3 is 0 Å². The predicted octanol–water partition coefficient (Wildman–Crippen LogP) is 2.95. The molecule has 0 atom stereocenters. The van der Waals surface area contributed by atoms with Crippen molar-refractivity contribution in [2.24, 2.45) is 7.05 Å². The Bertz CT molecular complexity index is 596. The van der Waals surface area contributed by atoms with Gasteiger partial charge in [0, 0.05) is 31.8 Å². The van der Waals surface area contributed by atoms with E-state index in [2.05, 4.69) is 10.4 Å². The van der Waals surface area contributed by atoms with Crippen LogP contribution in [0.3, 0.4) is 0 Å². The van der Waals surface area contributed by atoms with E-state index in [0.717, 1.165) is 17.5 Å². The van der Waals surface area contributed by atoms with Gasteiger partial charge in [0.05, 0.1) is 16.4 Å². The van der Waals surface area contributed by atoms with E-state index in [9.17, 15) is 8.78 Å². The van der Waals surface area contributed by atoms with Crippen LogP contribution < -0.4 is 5.32 Å². The van der Waals surface area contributed by atoms with Crippen LogP contribution in [0.2, 0.25) is 5.02 Å². The second kappa shape index (κ2) is 5.67. The van der Waals surface area contributed by atoms with Crippen LogP contribution in [0.15, 0.2) is 18.2 Å². The maximum atomic E-state index is 13.4. The van der Waals surface area contributed by atoms with Crippen LogP contribution in [-0.2, 0) is 20.1 Å². The molecule has 0 amide bonds. The quantitative estimate of drug-likeness (QED) is 0.936. The van der Waals surface area contributed by atoms with Gasteiger partial charge in [-0.25, -0.2) is 8.78 Å². The minimum atomic E-state index is -0.577. The molecule has 0 saturated heterocycles. The first kappa shape index (κ1) is 14.0. The Morgan fingerprint density at radius 1 is 1.32 bits per heavy atom. The third-order valence-corrected chi connectivity index (χ3v) is 3.38. The first-order valence-electron chi connectivity index (χ1n) is 5.81. The zero-order valence-corrected chi connectivity index (χ0v) is 11.4. The van der Waals surface area contributed by atoms with E-state index < -0.39 is 11.6 Å². The largest absolute Gasteiger partial charge is 0.307 e. The summed E-state index contributed by atoms with van der Waals surface area (Å²) >= 11 is 6.10. The summed E-state index contributed by atoms with van der Waals surface area (Å²) in [5.41, 5.74) is 2.01. The maximum absolute atomic E-state index is 13.4. The molecule has 1 aromatic carbocycles. The van der Waals surface area contributed by atoms with Crippen molar-refractivity contribution < 1.29 is 8.78 Å². The minimum Gasteiger partial charge on any atom is -0.307 e. The van der Waals surface area contributed by atoms with Crippen LogP contribution in [-0.4, -0.2) is 9.78 Å². The van der Waals surface area contributed by atoms with Crippen molar-refractivity contribution in [2.45, 2.75) is 20.0 Å². The summed E-state index contributed by atoms with van der Waals surface area (Å²) in [7, 11) is 1.80. The fourth-order valence-electron chi connectivity index (χ4n) is 1.85. The molecule has 0 unspecified atom stereocenters. The molecule has 102 valence electrons. The Labute approximate surface area is 115 Å². The van der Waals surface area contributed by atoms with Crippen molar-refractivity contribution in [3.05, 3.63) is 51.8 Å². The van der Waals surface area contributed by atoms with Gasteiger partial charge in [-0.1, -0.05) is 17.7 Å². The highest BCUT2D eigenvalue weighted by Crippen LogP contribution is 2.19. The Morgan fingerprint density at radius 3 is 2.63 bits per heavy atom. The van der Waals surface area contributed by atoms with Crippen LogP contribution in [0.25, 0.3) is 0 Å². The fourth-order valence-corrected chi connectivity index (χ4v) is 2.08. The summed E-state index contributed by atoms with van der Waals surface area (Å²) < 4.78 is 27.9. The lowest BCUT2D eigenvalue weighted by Gasteiger charge is -2.07. The molecule has 1 N–H and O–H groups in total. The van der Waals surface area contributed by atoms with Gasteiger partial charge < -0.3 is 5.32 Å². The zero-order valence-electron chi connectivity index (χ0n) is 10.7. The van der Waals surface area contributed by atoms with E-state index in [4.69, 9.17) is 11.6 Å². The molecule has 6 heteroatoms. The predicted molar refractivity (Wildman–Crippen MR) is 69.9 cm³/mol. The summed E-state index contributed by atoms with van der Waals surface area (Å²) in [5, 5.41) is 7.86. The second-order valence-corrected chi connectivity index (χ2v) is 4.69. The number of nitrogens with zero attached hydrogens (tertiary/aromatic N) is 2. The molecule has 0 spiro atoms. The third kappa shape index (κ3) is 3.11. The van der Waals surface area contributed by atoms with Crippen molar-refractivity contribution in [3.63, 3.8) is 0 Å². The van der Waals surface area contributed by atoms with E-state index in [1.807, 2.05) is 6.92 Å². The number of hydrogen-bond donors (Lipinski definition) is 1. The van der Waals surface area contributed by atoms with Crippen LogP contribution >= 0.6 is 11.6 Å². The first-order chi connectivity index (χ1) is 8.99. The normalized spacial score (nSPS) is 11.0. The molecule has 1 heterocycles. The van der Waals surface area contributed by atoms with E-state index in [1.54, 1.807) is 11.7 Å². The molecule has 3 nitrogen and oxygen atoms in total. The van der Waals surface area contributed by atoms with E-state index in [0.29, 0.717) is 23.7 Å². The van der Waals surface area contributed by atoms with Gasteiger partial charge in [-0.15, -0.1) is 0 Å². The molecule has 0 bridgehead atoms. The average molecular weight is 286 g/mol. The first-order valence-corrected chi connectivity index (χ1v) is 6.19. The Kier molecular flexibility index (Phi) is 4.17. The van der Waals surface area contributed by atoms with Crippen molar-refractivity contribution in [1.29, 1.82) is 0 Å². The van der Waals surface area contributed by atoms with Crippen molar-refractivity contribution in [1.82, 2.24) is 15.1 Å². The molecular weight excluding hydrogens is 272 g/mol. The summed E-state index contributed by atoms with van der Waals surface area (Å²) in [6, 6.07) is 3.53. The molecule has 0 fully saturated rings. The molecular formula is C13H14ClF2N3. The van der Waals surface area contributed by atoms with E-state index >= 15 is 0 Å². The zero-order chi connectivity index (χ0) is 14.0. The van der Waals surface area contributed by atoms with Gasteiger partial charge in [-0.05, 0) is 13.0 Å². The number of benzene rings is 1. The molecule has 0 radical (unpaired) electrons. The summed E-state index contributed by atoms with van der Waals surface area (Å²) in [5.74, 6) is -1.13. The van der Waals surface area contributed by atoms with E-state index in [1.165, 1.54) is 12.1 Å². The van der Waals surface area contributed by atoms with Gasteiger partial charge in [0.15, 0.2) is 0 Å².